The smallest absolute Gasteiger partial charge is 0.164 e. The van der Waals surface area contributed by atoms with Crippen LogP contribution < -0.4 is 0 Å². The van der Waals surface area contributed by atoms with Crippen molar-refractivity contribution in [3.63, 3.8) is 0 Å². The molecular formula is C53H33N3O. The summed E-state index contributed by atoms with van der Waals surface area (Å²) in [5.41, 5.74) is 11.3. The number of fused-ring (bicyclic) bond motifs is 6. The molecule has 0 aliphatic heterocycles. The van der Waals surface area contributed by atoms with Crippen molar-refractivity contribution in [2.24, 2.45) is 0 Å². The van der Waals surface area contributed by atoms with E-state index in [1.807, 2.05) is 12.1 Å². The van der Waals surface area contributed by atoms with Crippen LogP contribution in [0.5, 0.6) is 0 Å². The Morgan fingerprint density at radius 1 is 0.281 bits per heavy atom. The molecule has 0 bridgehead atoms. The summed E-state index contributed by atoms with van der Waals surface area (Å²) in [6, 6.07) is 69.9. The van der Waals surface area contributed by atoms with E-state index >= 15 is 0 Å². The second-order valence-corrected chi connectivity index (χ2v) is 14.4. The van der Waals surface area contributed by atoms with E-state index in [0.717, 1.165) is 82.8 Å². The van der Waals surface area contributed by atoms with Crippen molar-refractivity contribution >= 4 is 43.5 Å². The molecule has 11 aromatic rings. The average Bonchev–Trinajstić information content (AvgIpc) is 3.67. The zero-order valence-electron chi connectivity index (χ0n) is 30.8. The number of hydrogen-bond donors (Lipinski definition) is 0. The molecular weight excluding hydrogens is 695 g/mol. The van der Waals surface area contributed by atoms with Gasteiger partial charge in [-0.2, -0.15) is 0 Å². The van der Waals surface area contributed by atoms with Gasteiger partial charge in [0, 0.05) is 32.8 Å². The summed E-state index contributed by atoms with van der Waals surface area (Å²) in [5, 5.41) is 6.53. The first-order valence-electron chi connectivity index (χ1n) is 19.2. The Morgan fingerprint density at radius 2 is 0.754 bits per heavy atom. The van der Waals surface area contributed by atoms with Gasteiger partial charge in [-0.05, 0) is 73.8 Å². The third kappa shape index (κ3) is 5.92. The molecule has 266 valence electrons. The number of rotatable bonds is 6. The molecule has 0 saturated heterocycles. The van der Waals surface area contributed by atoms with Crippen LogP contribution in [0.15, 0.2) is 205 Å². The predicted molar refractivity (Wildman–Crippen MR) is 235 cm³/mol. The second-order valence-electron chi connectivity index (χ2n) is 14.4. The highest BCUT2D eigenvalue weighted by molar-refractivity contribution is 6.19. The van der Waals surface area contributed by atoms with Crippen molar-refractivity contribution in [2.45, 2.75) is 0 Å². The van der Waals surface area contributed by atoms with Gasteiger partial charge in [-0.25, -0.2) is 15.0 Å². The molecule has 0 N–H and O–H groups in total. The van der Waals surface area contributed by atoms with Crippen LogP contribution in [0.3, 0.4) is 0 Å². The molecule has 2 heterocycles. The third-order valence-corrected chi connectivity index (χ3v) is 10.9. The molecule has 4 heteroatoms. The van der Waals surface area contributed by atoms with E-state index in [1.54, 1.807) is 0 Å². The van der Waals surface area contributed by atoms with E-state index in [9.17, 15) is 0 Å². The topological polar surface area (TPSA) is 51.8 Å². The molecule has 4 nitrogen and oxygen atoms in total. The van der Waals surface area contributed by atoms with Crippen molar-refractivity contribution in [1.29, 1.82) is 0 Å². The summed E-state index contributed by atoms with van der Waals surface area (Å²) < 4.78 is 6.65. The normalized spacial score (nSPS) is 11.5. The lowest BCUT2D eigenvalue weighted by Gasteiger charge is -2.12. The van der Waals surface area contributed by atoms with Gasteiger partial charge in [0.25, 0.3) is 0 Å². The average molecular weight is 728 g/mol. The minimum Gasteiger partial charge on any atom is -0.455 e. The van der Waals surface area contributed by atoms with E-state index in [1.165, 1.54) is 10.8 Å². The zero-order valence-corrected chi connectivity index (χ0v) is 30.8. The summed E-state index contributed by atoms with van der Waals surface area (Å²) in [7, 11) is 0. The van der Waals surface area contributed by atoms with E-state index in [-0.39, 0.29) is 0 Å². The summed E-state index contributed by atoms with van der Waals surface area (Å²) in [5.74, 6) is 1.83. The lowest BCUT2D eigenvalue weighted by atomic mass is 9.97. The molecule has 2 aromatic heterocycles. The number of benzene rings is 9. The van der Waals surface area contributed by atoms with Crippen molar-refractivity contribution in [3.8, 4) is 67.5 Å². The van der Waals surface area contributed by atoms with Gasteiger partial charge < -0.3 is 4.42 Å². The van der Waals surface area contributed by atoms with Gasteiger partial charge in [0.05, 0.1) is 0 Å². The van der Waals surface area contributed by atoms with Crippen LogP contribution in [-0.4, -0.2) is 15.0 Å². The molecule has 0 amide bonds. The predicted octanol–water partition coefficient (Wildman–Crippen LogP) is 14.1. The van der Waals surface area contributed by atoms with Gasteiger partial charge in [-0.3, -0.25) is 0 Å². The Bertz CT molecular complexity index is 3160. The number of hydrogen-bond acceptors (Lipinski definition) is 4. The lowest BCUT2D eigenvalue weighted by molar-refractivity contribution is 0.673. The third-order valence-electron chi connectivity index (χ3n) is 10.9. The summed E-state index contributed by atoms with van der Waals surface area (Å²) in [6.07, 6.45) is 0. The quantitative estimate of drug-likeness (QED) is 0.171. The van der Waals surface area contributed by atoms with Gasteiger partial charge in [-0.15, -0.1) is 0 Å². The Labute approximate surface area is 329 Å². The van der Waals surface area contributed by atoms with Crippen molar-refractivity contribution in [2.75, 3.05) is 0 Å². The zero-order chi connectivity index (χ0) is 37.7. The summed E-state index contributed by atoms with van der Waals surface area (Å²) in [6.45, 7) is 0. The molecule has 0 spiro atoms. The maximum Gasteiger partial charge on any atom is 0.164 e. The molecule has 0 aliphatic rings. The molecule has 0 radical (unpaired) electrons. The van der Waals surface area contributed by atoms with Crippen LogP contribution in [0.1, 0.15) is 0 Å². The molecule has 9 aromatic carbocycles. The van der Waals surface area contributed by atoms with Crippen LogP contribution >= 0.6 is 0 Å². The highest BCUT2D eigenvalue weighted by atomic mass is 16.3. The Hall–Kier alpha value is -7.69. The molecule has 0 aliphatic carbocycles. The monoisotopic (exact) mass is 727 g/mol. The van der Waals surface area contributed by atoms with Gasteiger partial charge in [0.15, 0.2) is 17.5 Å². The maximum absolute atomic E-state index is 6.65. The Balaban J connectivity index is 1.10. The van der Waals surface area contributed by atoms with Crippen LogP contribution in [0, 0.1) is 0 Å². The fraction of sp³-hybridized carbons (Fsp3) is 0. The van der Waals surface area contributed by atoms with Gasteiger partial charge in [0.2, 0.25) is 0 Å². The fourth-order valence-corrected chi connectivity index (χ4v) is 7.97. The first-order chi connectivity index (χ1) is 28.2. The standard InChI is InChI=1S/C53H33N3O/c1-3-11-34(12-4-1)37-19-24-39(25-20-37)51-54-52(40-26-21-38(22-27-40)35-13-5-2-6-14-35)56-53(55-51)48-33-47-46-32-43(42-28-23-36-15-7-8-16-41(36)31-42)29-30-49(46)57-50(47)45-18-10-9-17-44(45)48/h1-33H. The van der Waals surface area contributed by atoms with E-state index in [2.05, 4.69) is 188 Å². The highest BCUT2D eigenvalue weighted by Crippen LogP contribution is 2.41. The number of nitrogens with zero attached hydrogens (tertiary/aromatic N) is 3. The van der Waals surface area contributed by atoms with Gasteiger partial charge >= 0.3 is 0 Å². The SMILES string of the molecule is c1ccc(-c2ccc(-c3nc(-c4ccc(-c5ccccc5)cc4)nc(-c4cc5c6cc(-c7ccc8ccccc8c7)ccc6oc5c5ccccc45)n3)cc2)cc1. The number of furan rings is 1. The van der Waals surface area contributed by atoms with Crippen molar-refractivity contribution in [1.82, 2.24) is 15.0 Å². The highest BCUT2D eigenvalue weighted by Gasteiger charge is 2.19. The first kappa shape index (κ1) is 32.7. The minimum absolute atomic E-state index is 0.604. The molecule has 57 heavy (non-hydrogen) atoms. The first-order valence-corrected chi connectivity index (χ1v) is 19.2. The van der Waals surface area contributed by atoms with Crippen LogP contribution in [-0.2, 0) is 0 Å². The molecule has 0 fully saturated rings. The van der Waals surface area contributed by atoms with E-state index in [0.29, 0.717) is 17.5 Å². The van der Waals surface area contributed by atoms with Crippen LogP contribution in [0.4, 0.5) is 0 Å². The van der Waals surface area contributed by atoms with E-state index < -0.39 is 0 Å². The van der Waals surface area contributed by atoms with Crippen molar-refractivity contribution < 1.29 is 4.42 Å². The van der Waals surface area contributed by atoms with Gasteiger partial charge in [0.1, 0.15) is 11.2 Å². The second kappa shape index (κ2) is 13.6. The Morgan fingerprint density at radius 3 is 1.40 bits per heavy atom. The molecule has 0 saturated carbocycles. The van der Waals surface area contributed by atoms with E-state index in [4.69, 9.17) is 19.4 Å². The van der Waals surface area contributed by atoms with Crippen LogP contribution in [0.25, 0.3) is 111 Å². The van der Waals surface area contributed by atoms with Gasteiger partial charge in [-0.1, -0.05) is 176 Å². The summed E-state index contributed by atoms with van der Waals surface area (Å²) >= 11 is 0. The fourth-order valence-electron chi connectivity index (χ4n) is 7.97. The largest absolute Gasteiger partial charge is 0.455 e. The lowest BCUT2D eigenvalue weighted by Crippen LogP contribution is -2.00. The molecule has 11 rings (SSSR count). The van der Waals surface area contributed by atoms with Crippen molar-refractivity contribution in [3.05, 3.63) is 200 Å². The maximum atomic E-state index is 6.65. The summed E-state index contributed by atoms with van der Waals surface area (Å²) in [4.78, 5) is 15.6. The minimum atomic E-state index is 0.604. The molecule has 0 unspecified atom stereocenters. The Kier molecular flexibility index (Phi) is 7.78. The van der Waals surface area contributed by atoms with Crippen LogP contribution in [0.2, 0.25) is 0 Å². The molecule has 0 atom stereocenters. The number of aromatic nitrogens is 3.